The SMILES string of the molecule is CCN(CC)C(=O)CC1(c2ccc(F)cc2)C2CC3CC1CC(F)(C3)C2. The lowest BCUT2D eigenvalue weighted by Crippen LogP contribution is -2.61. The van der Waals surface area contributed by atoms with Crippen LogP contribution in [0.3, 0.4) is 0 Å². The van der Waals surface area contributed by atoms with Crippen LogP contribution in [0.15, 0.2) is 24.3 Å². The van der Waals surface area contributed by atoms with Gasteiger partial charge in [0.25, 0.3) is 0 Å². The zero-order valence-electron chi connectivity index (χ0n) is 15.8. The number of rotatable bonds is 5. The molecule has 0 saturated heterocycles. The fraction of sp³-hybridized carbons (Fsp3) is 0.682. The third-order valence-electron chi connectivity index (χ3n) is 7.51. The van der Waals surface area contributed by atoms with Crippen molar-refractivity contribution < 1.29 is 13.6 Å². The highest BCUT2D eigenvalue weighted by Crippen LogP contribution is 2.66. The van der Waals surface area contributed by atoms with Gasteiger partial charge in [-0.25, -0.2) is 8.78 Å². The monoisotopic (exact) mass is 361 g/mol. The zero-order chi connectivity index (χ0) is 18.5. The summed E-state index contributed by atoms with van der Waals surface area (Å²) in [4.78, 5) is 15.0. The maximum absolute atomic E-state index is 15.3. The van der Waals surface area contributed by atoms with E-state index in [1.54, 1.807) is 0 Å². The maximum Gasteiger partial charge on any atom is 0.223 e. The molecule has 142 valence electrons. The average molecular weight is 361 g/mol. The minimum absolute atomic E-state index is 0.153. The number of carbonyl (C=O) groups excluding carboxylic acids is 1. The molecule has 0 aliphatic heterocycles. The molecule has 0 radical (unpaired) electrons. The molecule has 4 aliphatic carbocycles. The van der Waals surface area contributed by atoms with E-state index in [1.165, 1.54) is 12.1 Å². The molecule has 1 aromatic rings. The van der Waals surface area contributed by atoms with Crippen molar-refractivity contribution in [2.24, 2.45) is 17.8 Å². The molecular weight excluding hydrogens is 332 g/mol. The summed E-state index contributed by atoms with van der Waals surface area (Å²) in [6.45, 7) is 5.39. The molecule has 4 saturated carbocycles. The molecule has 4 aliphatic rings. The van der Waals surface area contributed by atoms with Gasteiger partial charge in [0.1, 0.15) is 11.5 Å². The Bertz CT molecular complexity index is 666. The molecule has 2 unspecified atom stereocenters. The number of amides is 1. The number of hydrogen-bond acceptors (Lipinski definition) is 1. The smallest absolute Gasteiger partial charge is 0.223 e. The van der Waals surface area contributed by atoms with Crippen molar-refractivity contribution in [3.8, 4) is 0 Å². The molecule has 2 nitrogen and oxygen atoms in total. The second-order valence-electron chi connectivity index (χ2n) is 8.78. The molecule has 0 spiro atoms. The first-order valence-corrected chi connectivity index (χ1v) is 10.1. The zero-order valence-corrected chi connectivity index (χ0v) is 15.8. The fourth-order valence-corrected chi connectivity index (χ4v) is 6.56. The predicted molar refractivity (Wildman–Crippen MR) is 98.0 cm³/mol. The van der Waals surface area contributed by atoms with Crippen molar-refractivity contribution in [2.45, 2.75) is 63.5 Å². The number of halogens is 2. The predicted octanol–water partition coefficient (Wildman–Crippen LogP) is 4.87. The maximum atomic E-state index is 15.3. The Morgan fingerprint density at radius 2 is 1.65 bits per heavy atom. The van der Waals surface area contributed by atoms with E-state index in [0.717, 1.165) is 18.4 Å². The van der Waals surface area contributed by atoms with Gasteiger partial charge >= 0.3 is 0 Å². The minimum Gasteiger partial charge on any atom is -0.343 e. The summed E-state index contributed by atoms with van der Waals surface area (Å²) >= 11 is 0. The van der Waals surface area contributed by atoms with Gasteiger partial charge in [0.2, 0.25) is 5.91 Å². The van der Waals surface area contributed by atoms with Crippen molar-refractivity contribution in [3.05, 3.63) is 35.6 Å². The third kappa shape index (κ3) is 2.68. The van der Waals surface area contributed by atoms with E-state index in [0.29, 0.717) is 44.7 Å². The number of alkyl halides is 1. The summed E-state index contributed by atoms with van der Waals surface area (Å²) in [7, 11) is 0. The third-order valence-corrected chi connectivity index (χ3v) is 7.51. The highest BCUT2D eigenvalue weighted by molar-refractivity contribution is 5.78. The highest BCUT2D eigenvalue weighted by Gasteiger charge is 2.63. The van der Waals surface area contributed by atoms with Gasteiger partial charge < -0.3 is 4.90 Å². The lowest BCUT2D eigenvalue weighted by Gasteiger charge is -2.63. The molecule has 0 heterocycles. The van der Waals surface area contributed by atoms with Crippen LogP contribution in [0, 0.1) is 23.6 Å². The van der Waals surface area contributed by atoms with Crippen LogP contribution in [0.4, 0.5) is 8.78 Å². The molecule has 4 heteroatoms. The molecule has 26 heavy (non-hydrogen) atoms. The first-order valence-electron chi connectivity index (χ1n) is 10.1. The molecule has 1 aromatic carbocycles. The average Bonchev–Trinajstić information content (AvgIpc) is 2.58. The summed E-state index contributed by atoms with van der Waals surface area (Å²) in [6.07, 6.45) is 4.25. The van der Waals surface area contributed by atoms with Crippen molar-refractivity contribution in [1.29, 1.82) is 0 Å². The largest absolute Gasteiger partial charge is 0.343 e. The summed E-state index contributed by atoms with van der Waals surface area (Å²) < 4.78 is 28.8. The summed E-state index contributed by atoms with van der Waals surface area (Å²) in [5.74, 6) is 0.714. The van der Waals surface area contributed by atoms with E-state index in [2.05, 4.69) is 0 Å². The van der Waals surface area contributed by atoms with Crippen LogP contribution in [0.5, 0.6) is 0 Å². The lowest BCUT2D eigenvalue weighted by molar-refractivity contribution is -0.149. The Morgan fingerprint density at radius 1 is 1.08 bits per heavy atom. The molecule has 1 amide bonds. The normalized spacial score (nSPS) is 37.8. The van der Waals surface area contributed by atoms with Crippen LogP contribution in [-0.4, -0.2) is 29.6 Å². The second-order valence-corrected chi connectivity index (χ2v) is 8.78. The molecule has 2 atom stereocenters. The number of carbonyl (C=O) groups is 1. The molecule has 4 bridgehead atoms. The van der Waals surface area contributed by atoms with Gasteiger partial charge in [-0.2, -0.15) is 0 Å². The van der Waals surface area contributed by atoms with E-state index in [1.807, 2.05) is 30.9 Å². The quantitative estimate of drug-likeness (QED) is 0.733. The van der Waals surface area contributed by atoms with Crippen molar-refractivity contribution >= 4 is 5.91 Å². The Labute approximate surface area is 155 Å². The van der Waals surface area contributed by atoms with E-state index in [9.17, 15) is 9.18 Å². The molecule has 4 fully saturated rings. The van der Waals surface area contributed by atoms with Gasteiger partial charge in [-0.3, -0.25) is 4.79 Å². The van der Waals surface area contributed by atoms with Gasteiger partial charge in [-0.05, 0) is 81.4 Å². The van der Waals surface area contributed by atoms with E-state index in [4.69, 9.17) is 0 Å². The Kier molecular flexibility index (Phi) is 4.36. The van der Waals surface area contributed by atoms with Gasteiger partial charge in [-0.15, -0.1) is 0 Å². The minimum atomic E-state index is -1.04. The van der Waals surface area contributed by atoms with Gasteiger partial charge in [0.15, 0.2) is 0 Å². The summed E-state index contributed by atoms with van der Waals surface area (Å²) in [5.41, 5.74) is -0.338. The number of benzene rings is 1. The first kappa shape index (κ1) is 17.9. The van der Waals surface area contributed by atoms with Crippen molar-refractivity contribution in [2.75, 3.05) is 13.1 Å². The van der Waals surface area contributed by atoms with Crippen LogP contribution in [0.25, 0.3) is 0 Å². The van der Waals surface area contributed by atoms with E-state index >= 15 is 4.39 Å². The van der Waals surface area contributed by atoms with Crippen LogP contribution < -0.4 is 0 Å². The molecule has 0 aromatic heterocycles. The fourth-order valence-electron chi connectivity index (χ4n) is 6.56. The number of hydrogen-bond donors (Lipinski definition) is 0. The number of nitrogens with zero attached hydrogens (tertiary/aromatic N) is 1. The Balaban J connectivity index is 1.76. The van der Waals surface area contributed by atoms with Crippen LogP contribution in [0.2, 0.25) is 0 Å². The van der Waals surface area contributed by atoms with Crippen LogP contribution >= 0.6 is 0 Å². The summed E-state index contributed by atoms with van der Waals surface area (Å²) in [5, 5.41) is 0. The van der Waals surface area contributed by atoms with Crippen LogP contribution in [0.1, 0.15) is 57.9 Å². The molecule has 5 rings (SSSR count). The Hall–Kier alpha value is -1.45. The molecule has 0 N–H and O–H groups in total. The lowest BCUT2D eigenvalue weighted by atomic mass is 9.42. The van der Waals surface area contributed by atoms with Crippen molar-refractivity contribution in [3.63, 3.8) is 0 Å². The second kappa shape index (κ2) is 6.31. The standard InChI is InChI=1S/C22H29F2NO/c1-3-25(4-2)20(26)14-22(16-5-7-19(23)8-6-16)17-9-15-10-18(22)13-21(24,11-15)12-17/h5-8,15,17-18H,3-4,9-14H2,1-2H3. The highest BCUT2D eigenvalue weighted by atomic mass is 19.1. The van der Waals surface area contributed by atoms with Gasteiger partial charge in [0, 0.05) is 24.9 Å². The van der Waals surface area contributed by atoms with E-state index in [-0.39, 0.29) is 29.0 Å². The molecular formula is C22H29F2NO. The van der Waals surface area contributed by atoms with Gasteiger partial charge in [0.05, 0.1) is 0 Å². The van der Waals surface area contributed by atoms with Crippen molar-refractivity contribution in [1.82, 2.24) is 4.90 Å². The van der Waals surface area contributed by atoms with Crippen LogP contribution in [-0.2, 0) is 10.2 Å². The van der Waals surface area contributed by atoms with E-state index < -0.39 is 5.67 Å². The first-order chi connectivity index (χ1) is 12.4. The summed E-state index contributed by atoms with van der Waals surface area (Å²) in [6, 6.07) is 6.68. The topological polar surface area (TPSA) is 20.3 Å². The Morgan fingerprint density at radius 3 is 2.15 bits per heavy atom. The van der Waals surface area contributed by atoms with Gasteiger partial charge in [-0.1, -0.05) is 12.1 Å².